The first kappa shape index (κ1) is 20.8. The summed E-state index contributed by atoms with van der Waals surface area (Å²) in [6, 6.07) is 0. The summed E-state index contributed by atoms with van der Waals surface area (Å²) in [4.78, 5) is 25.6. The number of esters is 1. The Kier molecular flexibility index (Phi) is 4.88. The van der Waals surface area contributed by atoms with Gasteiger partial charge in [0.05, 0.1) is 6.10 Å². The Balaban J connectivity index is 2.01. The lowest BCUT2D eigenvalue weighted by Crippen LogP contribution is -2.54. The topological polar surface area (TPSA) is 71.1 Å². The van der Waals surface area contributed by atoms with Gasteiger partial charge in [0.1, 0.15) is 17.3 Å². The molecule has 0 saturated carbocycles. The number of cyclic esters (lactones) is 1. The van der Waals surface area contributed by atoms with Gasteiger partial charge in [0.2, 0.25) is 5.78 Å². The molecule has 3 rings (SSSR count). The first-order valence-electron chi connectivity index (χ1n) is 9.64. The highest BCUT2D eigenvalue weighted by atomic mass is 16.7. The quantitative estimate of drug-likeness (QED) is 0.512. The van der Waals surface area contributed by atoms with E-state index >= 15 is 0 Å². The van der Waals surface area contributed by atoms with Crippen molar-refractivity contribution in [2.45, 2.75) is 64.6 Å². The highest BCUT2D eigenvalue weighted by Gasteiger charge is 2.75. The number of methoxy groups -OCH3 is 1. The van der Waals surface area contributed by atoms with Crippen LogP contribution < -0.4 is 0 Å². The Labute approximate surface area is 166 Å². The minimum atomic E-state index is -1.17. The summed E-state index contributed by atoms with van der Waals surface area (Å²) < 4.78 is 23.9. The lowest BCUT2D eigenvalue weighted by atomic mass is 9.66. The number of fused-ring (bicyclic) bond motifs is 1. The summed E-state index contributed by atoms with van der Waals surface area (Å²) in [5.41, 5.74) is -1.44. The van der Waals surface area contributed by atoms with E-state index in [-0.39, 0.29) is 30.0 Å². The van der Waals surface area contributed by atoms with E-state index in [2.05, 4.69) is 13.2 Å². The molecule has 0 N–H and O–H groups in total. The molecule has 6 nitrogen and oxygen atoms in total. The predicted octanol–water partition coefficient (Wildman–Crippen LogP) is 3.33. The maximum Gasteiger partial charge on any atom is 0.318 e. The fraction of sp³-hybridized carbons (Fsp3) is 0.636. The van der Waals surface area contributed by atoms with Gasteiger partial charge < -0.3 is 18.9 Å². The van der Waals surface area contributed by atoms with Crippen LogP contribution in [-0.2, 0) is 28.5 Å². The summed E-state index contributed by atoms with van der Waals surface area (Å²) in [6.45, 7) is 16.9. The molecule has 0 spiro atoms. The molecule has 0 aromatic carbocycles. The Bertz CT molecular complexity index is 767. The Morgan fingerprint density at radius 1 is 1.36 bits per heavy atom. The zero-order valence-electron chi connectivity index (χ0n) is 17.5. The van der Waals surface area contributed by atoms with Crippen molar-refractivity contribution in [2.24, 2.45) is 17.3 Å². The van der Waals surface area contributed by atoms with E-state index < -0.39 is 29.0 Å². The molecule has 0 unspecified atom stereocenters. The van der Waals surface area contributed by atoms with Gasteiger partial charge in [-0.3, -0.25) is 9.59 Å². The van der Waals surface area contributed by atoms with Crippen molar-refractivity contribution in [1.82, 2.24) is 0 Å². The van der Waals surface area contributed by atoms with E-state index in [1.54, 1.807) is 27.0 Å². The Hall–Kier alpha value is -1.92. The summed E-state index contributed by atoms with van der Waals surface area (Å²) in [7, 11) is 1.54. The second-order valence-corrected chi connectivity index (χ2v) is 8.71. The first-order valence-corrected chi connectivity index (χ1v) is 9.64. The molecule has 3 aliphatic rings. The molecule has 2 fully saturated rings. The van der Waals surface area contributed by atoms with E-state index in [0.717, 1.165) is 0 Å². The first-order chi connectivity index (χ1) is 13.0. The average Bonchev–Trinajstić information content (AvgIpc) is 3.16. The van der Waals surface area contributed by atoms with Crippen LogP contribution in [-0.4, -0.2) is 42.5 Å². The third-order valence-electron chi connectivity index (χ3n) is 6.56. The molecule has 0 bridgehead atoms. The van der Waals surface area contributed by atoms with Gasteiger partial charge in [0.25, 0.3) is 0 Å². The largest absolute Gasteiger partial charge is 0.479 e. The van der Waals surface area contributed by atoms with E-state index in [9.17, 15) is 9.59 Å². The molecular weight excluding hydrogens is 360 g/mol. The fourth-order valence-electron chi connectivity index (χ4n) is 5.09. The molecular formula is C22H30O6. The molecule has 0 aromatic heterocycles. The predicted molar refractivity (Wildman–Crippen MR) is 103 cm³/mol. The third kappa shape index (κ3) is 2.54. The second-order valence-electron chi connectivity index (χ2n) is 8.71. The van der Waals surface area contributed by atoms with E-state index in [4.69, 9.17) is 18.9 Å². The van der Waals surface area contributed by atoms with E-state index in [1.807, 2.05) is 20.8 Å². The van der Waals surface area contributed by atoms with Crippen LogP contribution in [0.4, 0.5) is 0 Å². The van der Waals surface area contributed by atoms with Crippen LogP contribution in [0.1, 0.15) is 41.0 Å². The molecule has 6 atom stereocenters. The maximum atomic E-state index is 12.9. The zero-order valence-corrected chi connectivity index (χ0v) is 17.5. The van der Waals surface area contributed by atoms with Crippen LogP contribution in [0.3, 0.4) is 0 Å². The van der Waals surface area contributed by atoms with Crippen LogP contribution in [0.5, 0.6) is 0 Å². The third-order valence-corrected chi connectivity index (χ3v) is 6.56. The summed E-state index contributed by atoms with van der Waals surface area (Å²) in [5.74, 6) is -1.67. The Morgan fingerprint density at radius 2 is 2.00 bits per heavy atom. The lowest BCUT2D eigenvalue weighted by Gasteiger charge is -2.41. The lowest BCUT2D eigenvalue weighted by molar-refractivity contribution is -0.278. The molecule has 28 heavy (non-hydrogen) atoms. The normalized spacial score (nSPS) is 42.2. The monoisotopic (exact) mass is 390 g/mol. The Morgan fingerprint density at radius 3 is 2.46 bits per heavy atom. The molecule has 0 radical (unpaired) electrons. The number of ether oxygens (including phenoxy) is 4. The van der Waals surface area contributed by atoms with Crippen LogP contribution in [0.15, 0.2) is 36.6 Å². The molecule has 154 valence electrons. The van der Waals surface area contributed by atoms with Crippen molar-refractivity contribution < 1.29 is 28.5 Å². The van der Waals surface area contributed by atoms with Crippen LogP contribution >= 0.6 is 0 Å². The molecule has 3 heterocycles. The van der Waals surface area contributed by atoms with E-state index in [0.29, 0.717) is 11.3 Å². The number of rotatable bonds is 6. The highest BCUT2D eigenvalue weighted by Crippen LogP contribution is 2.61. The van der Waals surface area contributed by atoms with Crippen molar-refractivity contribution >= 4 is 11.8 Å². The summed E-state index contributed by atoms with van der Waals surface area (Å²) in [5, 5.41) is 0. The van der Waals surface area contributed by atoms with Crippen LogP contribution in [0.25, 0.3) is 0 Å². The highest BCUT2D eigenvalue weighted by molar-refractivity contribution is 5.99. The molecule has 3 aliphatic heterocycles. The molecule has 0 amide bonds. The number of allylic oxidation sites excluding steroid dienone is 1. The molecule has 0 aromatic rings. The molecule has 0 aliphatic carbocycles. The van der Waals surface area contributed by atoms with Gasteiger partial charge >= 0.3 is 5.97 Å². The number of hydrogen-bond acceptors (Lipinski definition) is 6. The van der Waals surface area contributed by atoms with Gasteiger partial charge in [0, 0.05) is 31.4 Å². The van der Waals surface area contributed by atoms with Crippen molar-refractivity contribution in [3.63, 3.8) is 0 Å². The smallest absolute Gasteiger partial charge is 0.318 e. The number of carbonyl (C=O) groups excluding carboxylic acids is 2. The summed E-state index contributed by atoms with van der Waals surface area (Å²) in [6.07, 6.45) is 2.34. The maximum absolute atomic E-state index is 12.9. The van der Waals surface area contributed by atoms with Gasteiger partial charge in [-0.15, -0.1) is 0 Å². The van der Waals surface area contributed by atoms with Crippen molar-refractivity contribution in [3.8, 4) is 0 Å². The standard InChI is InChI=1S/C22H30O6/c1-9-14-18-16(11-20(6)17(23)10-15(27-20)12(2)3)28-22(25-8,13(4)5)21(18,7)19(24)26-14/h9-10,13-14,16,18H,1-2,11H2,3-8H3/t14-,16+,18+,20+,21-,22-/m1/s1. The van der Waals surface area contributed by atoms with Crippen LogP contribution in [0, 0.1) is 17.3 Å². The second kappa shape index (κ2) is 6.56. The van der Waals surface area contributed by atoms with Gasteiger partial charge in [-0.2, -0.15) is 0 Å². The average molecular weight is 390 g/mol. The van der Waals surface area contributed by atoms with Crippen LogP contribution in [0.2, 0.25) is 0 Å². The molecule has 6 heteroatoms. The summed E-state index contributed by atoms with van der Waals surface area (Å²) >= 11 is 0. The fourth-order valence-corrected chi connectivity index (χ4v) is 5.09. The van der Waals surface area contributed by atoms with Crippen molar-refractivity contribution in [3.05, 3.63) is 36.6 Å². The zero-order chi connectivity index (χ0) is 21.1. The van der Waals surface area contributed by atoms with Gasteiger partial charge in [-0.1, -0.05) is 33.1 Å². The number of hydrogen-bond donors (Lipinski definition) is 0. The number of carbonyl (C=O) groups is 2. The van der Waals surface area contributed by atoms with Gasteiger partial charge in [0.15, 0.2) is 11.4 Å². The SMILES string of the molecule is C=C[C@H]1OC(=O)[C@@]2(C)[C@@H]1[C@H](C[C@]1(C)OC(C(=C)C)=CC1=O)O[C@]2(OC)C(C)C. The van der Waals surface area contributed by atoms with Crippen molar-refractivity contribution in [2.75, 3.05) is 7.11 Å². The minimum absolute atomic E-state index is 0.122. The minimum Gasteiger partial charge on any atom is -0.479 e. The van der Waals surface area contributed by atoms with Gasteiger partial charge in [-0.05, 0) is 26.3 Å². The number of ketones is 1. The van der Waals surface area contributed by atoms with Crippen molar-refractivity contribution in [1.29, 1.82) is 0 Å². The van der Waals surface area contributed by atoms with Gasteiger partial charge in [-0.25, -0.2) is 0 Å². The molecule has 2 saturated heterocycles. The van der Waals surface area contributed by atoms with E-state index in [1.165, 1.54) is 6.08 Å².